The van der Waals surface area contributed by atoms with E-state index in [0.29, 0.717) is 10.8 Å². The van der Waals surface area contributed by atoms with Crippen molar-refractivity contribution in [2.45, 2.75) is 0 Å². The van der Waals surface area contributed by atoms with Crippen molar-refractivity contribution in [2.24, 2.45) is 5.10 Å². The van der Waals surface area contributed by atoms with Crippen LogP contribution in [0.15, 0.2) is 52.0 Å². The van der Waals surface area contributed by atoms with Gasteiger partial charge in [0.05, 0.1) is 11.2 Å². The van der Waals surface area contributed by atoms with Gasteiger partial charge in [-0.15, -0.1) is 0 Å². The smallest absolute Gasteiger partial charge is 0.277 e. The number of hydrogen-bond donors (Lipinski definition) is 1. The van der Waals surface area contributed by atoms with E-state index in [1.54, 1.807) is 18.2 Å². The Kier molecular flexibility index (Phi) is 6.24. The molecule has 0 aliphatic heterocycles. The lowest BCUT2D eigenvalue weighted by Crippen LogP contribution is -2.24. The molecule has 0 saturated heterocycles. The van der Waals surface area contributed by atoms with Crippen molar-refractivity contribution >= 4 is 51.3 Å². The van der Waals surface area contributed by atoms with Crippen LogP contribution in [-0.4, -0.2) is 18.7 Å². The molecule has 0 spiro atoms. The lowest BCUT2D eigenvalue weighted by Gasteiger charge is -2.07. The first-order chi connectivity index (χ1) is 10.6. The summed E-state index contributed by atoms with van der Waals surface area (Å²) in [5.74, 6) is -0.0532. The first-order valence-corrected chi connectivity index (χ1v) is 7.75. The van der Waals surface area contributed by atoms with Crippen LogP contribution < -0.4 is 10.2 Å². The summed E-state index contributed by atoms with van der Waals surface area (Å²) in [6.45, 7) is -0.212. The number of carbonyl (C=O) groups excluding carboxylic acids is 1. The average molecular weight is 402 g/mol. The summed E-state index contributed by atoms with van der Waals surface area (Å²) in [7, 11) is 0. The molecule has 0 aliphatic carbocycles. The van der Waals surface area contributed by atoms with Crippen LogP contribution in [0.3, 0.4) is 0 Å². The molecule has 2 rings (SSSR count). The third-order valence-electron chi connectivity index (χ3n) is 2.53. The molecule has 0 aromatic heterocycles. The van der Waals surface area contributed by atoms with Gasteiger partial charge in [0.15, 0.2) is 6.61 Å². The number of rotatable bonds is 5. The molecule has 0 heterocycles. The van der Waals surface area contributed by atoms with Gasteiger partial charge < -0.3 is 4.74 Å². The molecule has 1 N–H and O–H groups in total. The largest absolute Gasteiger partial charge is 0.482 e. The van der Waals surface area contributed by atoms with Gasteiger partial charge in [0, 0.05) is 4.47 Å². The van der Waals surface area contributed by atoms with Gasteiger partial charge in [-0.05, 0) is 29.8 Å². The molecule has 7 heteroatoms. The van der Waals surface area contributed by atoms with Gasteiger partial charge in [-0.3, -0.25) is 4.79 Å². The average Bonchev–Trinajstić information content (AvgIpc) is 2.49. The van der Waals surface area contributed by atoms with Gasteiger partial charge in [-0.1, -0.05) is 57.3 Å². The molecule has 0 fully saturated rings. The second-order valence-electron chi connectivity index (χ2n) is 4.19. The van der Waals surface area contributed by atoms with Gasteiger partial charge in [0.2, 0.25) is 0 Å². The highest BCUT2D eigenvalue weighted by Gasteiger charge is 2.07. The van der Waals surface area contributed by atoms with E-state index < -0.39 is 5.91 Å². The molecule has 0 saturated carbocycles. The summed E-state index contributed by atoms with van der Waals surface area (Å²) in [5, 5.41) is 4.49. The van der Waals surface area contributed by atoms with Crippen LogP contribution in [0.5, 0.6) is 5.75 Å². The van der Waals surface area contributed by atoms with E-state index >= 15 is 0 Å². The van der Waals surface area contributed by atoms with Crippen LogP contribution in [0.25, 0.3) is 0 Å². The summed E-state index contributed by atoms with van der Waals surface area (Å²) in [5.41, 5.74) is 3.22. The van der Waals surface area contributed by atoms with Crippen LogP contribution in [0.4, 0.5) is 0 Å². The first kappa shape index (κ1) is 16.8. The molecule has 2 aromatic rings. The minimum Gasteiger partial charge on any atom is -0.482 e. The van der Waals surface area contributed by atoms with Crippen molar-refractivity contribution in [1.29, 1.82) is 0 Å². The van der Waals surface area contributed by atoms with Gasteiger partial charge in [-0.25, -0.2) is 5.43 Å². The lowest BCUT2D eigenvalue weighted by molar-refractivity contribution is -0.123. The van der Waals surface area contributed by atoms with Gasteiger partial charge in [0.1, 0.15) is 10.8 Å². The van der Waals surface area contributed by atoms with Crippen molar-refractivity contribution in [2.75, 3.05) is 6.61 Å². The van der Waals surface area contributed by atoms with E-state index in [2.05, 4.69) is 26.5 Å². The maximum Gasteiger partial charge on any atom is 0.277 e. The Labute approximate surface area is 146 Å². The van der Waals surface area contributed by atoms with E-state index in [0.717, 1.165) is 10.0 Å². The second-order valence-corrected chi connectivity index (χ2v) is 5.89. The van der Waals surface area contributed by atoms with E-state index in [4.69, 9.17) is 27.9 Å². The number of benzene rings is 2. The Balaban J connectivity index is 1.84. The predicted octanol–water partition coefficient (Wildman–Crippen LogP) is 4.29. The summed E-state index contributed by atoms with van der Waals surface area (Å²) < 4.78 is 6.22. The number of hydrazone groups is 1. The molecule has 0 bridgehead atoms. The molecule has 2 aromatic carbocycles. The van der Waals surface area contributed by atoms with E-state index in [1.165, 1.54) is 6.21 Å². The number of halogens is 3. The van der Waals surface area contributed by atoms with Crippen molar-refractivity contribution in [3.05, 3.63) is 62.5 Å². The number of amides is 1. The Morgan fingerprint density at radius 2 is 2.05 bits per heavy atom. The molecule has 0 aliphatic rings. The molecular formula is C15H11BrCl2N2O2. The molecule has 0 atom stereocenters. The van der Waals surface area contributed by atoms with E-state index in [1.807, 2.05) is 24.3 Å². The zero-order valence-electron chi connectivity index (χ0n) is 11.2. The summed E-state index contributed by atoms with van der Waals surface area (Å²) in [6, 6.07) is 12.5. The maximum atomic E-state index is 11.6. The quantitative estimate of drug-likeness (QED) is 0.600. The fourth-order valence-electron chi connectivity index (χ4n) is 1.54. The fourth-order valence-corrected chi connectivity index (χ4v) is 2.30. The summed E-state index contributed by atoms with van der Waals surface area (Å²) >= 11 is 15.2. The van der Waals surface area contributed by atoms with E-state index in [-0.39, 0.29) is 11.6 Å². The molecular weight excluding hydrogens is 391 g/mol. The predicted molar refractivity (Wildman–Crippen MR) is 91.8 cm³/mol. The number of nitrogens with one attached hydrogen (secondary N) is 1. The minimum absolute atomic E-state index is 0.212. The second kappa shape index (κ2) is 8.17. The third-order valence-corrected chi connectivity index (χ3v) is 3.82. The Hall–Kier alpha value is -1.56. The van der Waals surface area contributed by atoms with Crippen molar-refractivity contribution < 1.29 is 9.53 Å². The first-order valence-electron chi connectivity index (χ1n) is 6.20. The standard InChI is InChI=1S/C15H11BrCl2N2O2/c16-11-4-1-3-10(7-11)8-19-20-14(21)9-22-13-6-2-5-12(17)15(13)18/h1-8H,9H2,(H,20,21). The third kappa shape index (κ3) is 5.02. The number of hydrogen-bond acceptors (Lipinski definition) is 3. The normalized spacial score (nSPS) is 10.7. The van der Waals surface area contributed by atoms with Crippen molar-refractivity contribution in [3.8, 4) is 5.75 Å². The van der Waals surface area contributed by atoms with Crippen molar-refractivity contribution in [3.63, 3.8) is 0 Å². The molecule has 1 amide bonds. The zero-order valence-corrected chi connectivity index (χ0v) is 14.3. The van der Waals surface area contributed by atoms with Gasteiger partial charge in [-0.2, -0.15) is 5.10 Å². The SMILES string of the molecule is O=C(COc1cccc(Cl)c1Cl)NN=Cc1cccc(Br)c1. The Morgan fingerprint density at radius 1 is 1.27 bits per heavy atom. The van der Waals surface area contributed by atoms with Crippen LogP contribution in [0.2, 0.25) is 10.0 Å². The van der Waals surface area contributed by atoms with Gasteiger partial charge in [0.25, 0.3) is 5.91 Å². The van der Waals surface area contributed by atoms with E-state index in [9.17, 15) is 4.79 Å². The number of nitrogens with zero attached hydrogens (tertiary/aromatic N) is 1. The highest BCUT2D eigenvalue weighted by atomic mass is 79.9. The minimum atomic E-state index is -0.401. The van der Waals surface area contributed by atoms with Crippen LogP contribution in [0, 0.1) is 0 Å². The van der Waals surface area contributed by atoms with Gasteiger partial charge >= 0.3 is 0 Å². The maximum absolute atomic E-state index is 11.6. The Morgan fingerprint density at radius 3 is 2.82 bits per heavy atom. The molecule has 114 valence electrons. The zero-order chi connectivity index (χ0) is 15.9. The molecule has 0 unspecified atom stereocenters. The number of carbonyl (C=O) groups is 1. The Bertz CT molecular complexity index is 708. The van der Waals surface area contributed by atoms with Crippen molar-refractivity contribution in [1.82, 2.24) is 5.43 Å². The highest BCUT2D eigenvalue weighted by Crippen LogP contribution is 2.31. The molecule has 4 nitrogen and oxygen atoms in total. The molecule has 22 heavy (non-hydrogen) atoms. The monoisotopic (exact) mass is 400 g/mol. The topological polar surface area (TPSA) is 50.7 Å². The lowest BCUT2D eigenvalue weighted by atomic mass is 10.2. The van der Waals surface area contributed by atoms with Crippen LogP contribution in [0.1, 0.15) is 5.56 Å². The van der Waals surface area contributed by atoms with Crippen LogP contribution in [-0.2, 0) is 4.79 Å². The summed E-state index contributed by atoms with van der Waals surface area (Å²) in [6.07, 6.45) is 1.54. The summed E-state index contributed by atoms with van der Waals surface area (Å²) in [4.78, 5) is 11.6. The van der Waals surface area contributed by atoms with Crippen LogP contribution >= 0.6 is 39.1 Å². The molecule has 0 radical (unpaired) electrons. The highest BCUT2D eigenvalue weighted by molar-refractivity contribution is 9.10. The number of ether oxygens (including phenoxy) is 1. The fraction of sp³-hybridized carbons (Fsp3) is 0.0667.